The Morgan fingerprint density at radius 2 is 2.11 bits per heavy atom. The topological polar surface area (TPSA) is 55.6 Å². The van der Waals surface area contributed by atoms with E-state index in [-0.39, 0.29) is 24.4 Å². The molecule has 1 aliphatic heterocycles. The van der Waals surface area contributed by atoms with Crippen molar-refractivity contribution in [1.29, 1.82) is 0 Å². The molecule has 0 aromatic heterocycles. The lowest BCUT2D eigenvalue weighted by atomic mass is 10.1. The fraction of sp³-hybridized carbons (Fsp3) is 0.500. The lowest BCUT2D eigenvalue weighted by molar-refractivity contribution is 0.0539. The Balaban J connectivity index is 0.00000180. The third-order valence-electron chi connectivity index (χ3n) is 3.27. The Morgan fingerprint density at radius 1 is 1.42 bits per heavy atom. The van der Waals surface area contributed by atoms with Gasteiger partial charge >= 0.3 is 0 Å². The second-order valence-corrected chi connectivity index (χ2v) is 4.60. The molecule has 0 bridgehead atoms. The number of carbonyl (C=O) groups excluding carboxylic acids is 1. The summed E-state index contributed by atoms with van der Waals surface area (Å²) in [6, 6.07) is 7.06. The van der Waals surface area contributed by atoms with Gasteiger partial charge in [0.2, 0.25) is 0 Å². The molecule has 1 amide bonds. The van der Waals surface area contributed by atoms with Gasteiger partial charge in [-0.15, -0.1) is 12.4 Å². The summed E-state index contributed by atoms with van der Waals surface area (Å²) in [4.78, 5) is 14.1. The van der Waals surface area contributed by atoms with E-state index >= 15 is 0 Å². The first kappa shape index (κ1) is 15.8. The lowest BCUT2D eigenvalue weighted by Crippen LogP contribution is -2.37. The van der Waals surface area contributed by atoms with Crippen LogP contribution in [0.15, 0.2) is 24.3 Å². The zero-order chi connectivity index (χ0) is 13.0. The minimum atomic E-state index is 0. The fourth-order valence-corrected chi connectivity index (χ4v) is 2.20. The zero-order valence-electron chi connectivity index (χ0n) is 11.2. The summed E-state index contributed by atoms with van der Waals surface area (Å²) in [5.74, 6) is 0.0491. The monoisotopic (exact) mass is 284 g/mol. The van der Waals surface area contributed by atoms with Crippen LogP contribution < -0.4 is 5.73 Å². The Morgan fingerprint density at radius 3 is 2.63 bits per heavy atom. The molecule has 1 aliphatic rings. The molecule has 19 heavy (non-hydrogen) atoms. The first-order chi connectivity index (χ1) is 8.70. The molecule has 0 spiro atoms. The highest BCUT2D eigenvalue weighted by atomic mass is 35.5. The van der Waals surface area contributed by atoms with Crippen LogP contribution in [0.3, 0.4) is 0 Å². The Bertz CT molecular complexity index is 402. The summed E-state index contributed by atoms with van der Waals surface area (Å²) in [6.45, 7) is 4.19. The number of rotatable bonds is 4. The molecule has 1 unspecified atom stereocenters. The number of amides is 1. The highest BCUT2D eigenvalue weighted by Crippen LogP contribution is 2.15. The Labute approximate surface area is 120 Å². The van der Waals surface area contributed by atoms with E-state index in [0.29, 0.717) is 24.3 Å². The second-order valence-electron chi connectivity index (χ2n) is 4.60. The summed E-state index contributed by atoms with van der Waals surface area (Å²) in [5, 5.41) is 0. The molecule has 0 saturated carbocycles. The number of anilines is 1. The molecule has 1 saturated heterocycles. The van der Waals surface area contributed by atoms with Crippen LogP contribution in [0.5, 0.6) is 0 Å². The smallest absolute Gasteiger partial charge is 0.253 e. The van der Waals surface area contributed by atoms with Crippen molar-refractivity contribution in [2.24, 2.45) is 0 Å². The van der Waals surface area contributed by atoms with Crippen molar-refractivity contribution in [2.45, 2.75) is 25.9 Å². The number of carbonyl (C=O) groups is 1. The third-order valence-corrected chi connectivity index (χ3v) is 3.27. The molecule has 1 aromatic carbocycles. The van der Waals surface area contributed by atoms with Gasteiger partial charge in [-0.1, -0.05) is 0 Å². The molecule has 2 rings (SSSR count). The number of likely N-dealkylation sites (N-methyl/N-ethyl adjacent to an activating group) is 1. The quantitative estimate of drug-likeness (QED) is 0.864. The summed E-state index contributed by atoms with van der Waals surface area (Å²) in [6.07, 6.45) is 2.34. The van der Waals surface area contributed by atoms with Crippen molar-refractivity contribution in [3.8, 4) is 0 Å². The Hall–Kier alpha value is -1.26. The predicted octanol–water partition coefficient (Wildman–Crippen LogP) is 2.33. The number of hydrogen-bond acceptors (Lipinski definition) is 3. The highest BCUT2D eigenvalue weighted by Gasteiger charge is 2.22. The first-order valence-electron chi connectivity index (χ1n) is 6.47. The summed E-state index contributed by atoms with van der Waals surface area (Å²) < 4.78 is 5.58. The second kappa shape index (κ2) is 7.36. The molecule has 2 N–H and O–H groups in total. The number of nitrogens with two attached hydrogens (primary N) is 1. The van der Waals surface area contributed by atoms with Crippen molar-refractivity contribution in [3.63, 3.8) is 0 Å². The van der Waals surface area contributed by atoms with Gasteiger partial charge in [0.1, 0.15) is 0 Å². The minimum Gasteiger partial charge on any atom is -0.399 e. The van der Waals surface area contributed by atoms with Crippen LogP contribution in [0, 0.1) is 0 Å². The summed E-state index contributed by atoms with van der Waals surface area (Å²) in [5.41, 5.74) is 6.98. The van der Waals surface area contributed by atoms with Crippen LogP contribution in [-0.4, -0.2) is 36.6 Å². The van der Waals surface area contributed by atoms with Crippen LogP contribution in [-0.2, 0) is 4.74 Å². The molecule has 1 fully saturated rings. The summed E-state index contributed by atoms with van der Waals surface area (Å²) in [7, 11) is 0. The molecule has 1 heterocycles. The SMILES string of the molecule is CCN(CC1CCCO1)C(=O)c1ccc(N)cc1.Cl. The minimum absolute atomic E-state index is 0. The zero-order valence-corrected chi connectivity index (χ0v) is 12.0. The van der Waals surface area contributed by atoms with Gasteiger partial charge in [-0.05, 0) is 44.0 Å². The number of nitrogens with zero attached hydrogens (tertiary/aromatic N) is 1. The first-order valence-corrected chi connectivity index (χ1v) is 6.47. The van der Waals surface area contributed by atoms with Crippen molar-refractivity contribution in [2.75, 3.05) is 25.4 Å². The maximum atomic E-state index is 12.3. The third kappa shape index (κ3) is 4.11. The number of halogens is 1. The van der Waals surface area contributed by atoms with Crippen LogP contribution >= 0.6 is 12.4 Å². The van der Waals surface area contributed by atoms with Gasteiger partial charge in [-0.3, -0.25) is 4.79 Å². The van der Waals surface area contributed by atoms with E-state index in [1.165, 1.54) is 0 Å². The lowest BCUT2D eigenvalue weighted by Gasteiger charge is -2.24. The van der Waals surface area contributed by atoms with E-state index in [2.05, 4.69) is 0 Å². The largest absolute Gasteiger partial charge is 0.399 e. The van der Waals surface area contributed by atoms with Gasteiger partial charge < -0.3 is 15.4 Å². The van der Waals surface area contributed by atoms with E-state index in [1.54, 1.807) is 24.3 Å². The van der Waals surface area contributed by atoms with E-state index in [9.17, 15) is 4.79 Å². The van der Waals surface area contributed by atoms with E-state index in [4.69, 9.17) is 10.5 Å². The maximum Gasteiger partial charge on any atom is 0.253 e. The molecule has 106 valence electrons. The molecule has 5 heteroatoms. The highest BCUT2D eigenvalue weighted by molar-refractivity contribution is 5.94. The van der Waals surface area contributed by atoms with Crippen molar-refractivity contribution >= 4 is 24.0 Å². The van der Waals surface area contributed by atoms with Gasteiger partial charge in [-0.2, -0.15) is 0 Å². The van der Waals surface area contributed by atoms with Crippen molar-refractivity contribution in [3.05, 3.63) is 29.8 Å². The van der Waals surface area contributed by atoms with Gasteiger partial charge in [0.05, 0.1) is 6.10 Å². The summed E-state index contributed by atoms with van der Waals surface area (Å²) >= 11 is 0. The van der Waals surface area contributed by atoms with Crippen molar-refractivity contribution < 1.29 is 9.53 Å². The molecular weight excluding hydrogens is 264 g/mol. The van der Waals surface area contributed by atoms with E-state index in [0.717, 1.165) is 19.4 Å². The molecule has 0 aliphatic carbocycles. The van der Waals surface area contributed by atoms with E-state index < -0.39 is 0 Å². The van der Waals surface area contributed by atoms with Gasteiger partial charge in [0.15, 0.2) is 0 Å². The van der Waals surface area contributed by atoms with Gasteiger partial charge in [-0.25, -0.2) is 0 Å². The van der Waals surface area contributed by atoms with E-state index in [1.807, 2.05) is 11.8 Å². The van der Waals surface area contributed by atoms with Crippen LogP contribution in [0.25, 0.3) is 0 Å². The van der Waals surface area contributed by atoms with Crippen molar-refractivity contribution in [1.82, 2.24) is 4.90 Å². The molecule has 1 atom stereocenters. The number of benzene rings is 1. The standard InChI is InChI=1S/C14H20N2O2.ClH/c1-2-16(10-13-4-3-9-18-13)14(17)11-5-7-12(15)8-6-11;/h5-8,13H,2-4,9-10,15H2,1H3;1H. The van der Waals surface area contributed by atoms with Gasteiger partial charge in [0.25, 0.3) is 5.91 Å². The molecular formula is C14H21ClN2O2. The molecule has 0 radical (unpaired) electrons. The number of ether oxygens (including phenoxy) is 1. The average Bonchev–Trinajstić information content (AvgIpc) is 2.89. The molecule has 4 nitrogen and oxygen atoms in total. The number of hydrogen-bond donors (Lipinski definition) is 1. The fourth-order valence-electron chi connectivity index (χ4n) is 2.20. The number of nitrogen functional groups attached to an aromatic ring is 1. The van der Waals surface area contributed by atoms with Crippen LogP contribution in [0.4, 0.5) is 5.69 Å². The average molecular weight is 285 g/mol. The molecule has 1 aromatic rings. The van der Waals surface area contributed by atoms with Crippen LogP contribution in [0.2, 0.25) is 0 Å². The maximum absolute atomic E-state index is 12.3. The van der Waals surface area contributed by atoms with Crippen LogP contribution in [0.1, 0.15) is 30.1 Å². The van der Waals surface area contributed by atoms with Gasteiger partial charge in [0, 0.05) is 30.9 Å². The predicted molar refractivity (Wildman–Crippen MR) is 78.7 cm³/mol. The Kier molecular flexibility index (Phi) is 6.12. The normalized spacial score (nSPS) is 17.8.